The van der Waals surface area contributed by atoms with E-state index in [0.717, 1.165) is 16.9 Å². The topological polar surface area (TPSA) is 80.6 Å². The minimum Gasteiger partial charge on any atom is -0.467 e. The maximum absolute atomic E-state index is 12.7. The van der Waals surface area contributed by atoms with E-state index in [1.165, 1.54) is 11.3 Å². The highest BCUT2D eigenvalue weighted by Gasteiger charge is 2.13. The van der Waals surface area contributed by atoms with Crippen LogP contribution in [0.15, 0.2) is 82.8 Å². The van der Waals surface area contributed by atoms with Crippen molar-refractivity contribution in [3.8, 4) is 0 Å². The molecule has 0 fully saturated rings. The number of halogens is 1. The van der Waals surface area contributed by atoms with Crippen LogP contribution in [0.5, 0.6) is 0 Å². The first-order valence-electron chi connectivity index (χ1n) is 10.2. The van der Waals surface area contributed by atoms with Gasteiger partial charge < -0.3 is 19.8 Å². The van der Waals surface area contributed by atoms with Gasteiger partial charge in [-0.3, -0.25) is 9.59 Å². The van der Waals surface area contributed by atoms with Crippen molar-refractivity contribution in [2.75, 3.05) is 5.32 Å². The number of benzene rings is 2. The molecule has 2 aromatic heterocycles. The first kappa shape index (κ1) is 22.8. The Hall–Kier alpha value is -3.39. The number of hydrogen-bond acceptors (Lipinski definition) is 5. The van der Waals surface area contributed by atoms with Crippen molar-refractivity contribution in [1.29, 1.82) is 0 Å². The fourth-order valence-electron chi connectivity index (χ4n) is 3.13. The predicted molar refractivity (Wildman–Crippen MR) is 129 cm³/mol. The Morgan fingerprint density at radius 1 is 0.939 bits per heavy atom. The van der Waals surface area contributed by atoms with Crippen LogP contribution in [0.1, 0.15) is 36.9 Å². The lowest BCUT2D eigenvalue weighted by molar-refractivity contribution is 0.0928. The molecular formula is C25H21ClN2O4S. The van der Waals surface area contributed by atoms with Gasteiger partial charge in [0.15, 0.2) is 0 Å². The Morgan fingerprint density at radius 2 is 1.82 bits per heavy atom. The molecule has 0 atom stereocenters. The summed E-state index contributed by atoms with van der Waals surface area (Å²) in [7, 11) is 0. The van der Waals surface area contributed by atoms with Crippen molar-refractivity contribution in [2.45, 2.75) is 19.8 Å². The lowest BCUT2D eigenvalue weighted by Crippen LogP contribution is -2.23. The van der Waals surface area contributed by atoms with E-state index in [1.54, 1.807) is 36.6 Å². The highest BCUT2D eigenvalue weighted by Crippen LogP contribution is 2.24. The Labute approximate surface area is 200 Å². The standard InChI is InChI=1S/C25H21ClN2O4S/c26-21-9-8-19(13-22(21)28-25(30)23-7-3-11-33-23)24(29)27-14-17-4-1-5-18(12-17)15-31-16-20-6-2-10-32-20/h1-13H,14-16H2,(H,27,29)(H,28,30). The van der Waals surface area contributed by atoms with Crippen LogP contribution < -0.4 is 10.6 Å². The molecule has 4 aromatic rings. The van der Waals surface area contributed by atoms with Crippen LogP contribution in [-0.2, 0) is 24.5 Å². The molecule has 6 nitrogen and oxygen atoms in total. The third kappa shape index (κ3) is 6.32. The van der Waals surface area contributed by atoms with E-state index in [-0.39, 0.29) is 11.8 Å². The van der Waals surface area contributed by atoms with E-state index < -0.39 is 0 Å². The smallest absolute Gasteiger partial charge is 0.265 e. The number of anilines is 1. The monoisotopic (exact) mass is 480 g/mol. The van der Waals surface area contributed by atoms with Crippen molar-refractivity contribution in [3.63, 3.8) is 0 Å². The number of thiophene rings is 1. The zero-order valence-corrected chi connectivity index (χ0v) is 19.1. The van der Waals surface area contributed by atoms with E-state index in [0.29, 0.717) is 40.9 Å². The summed E-state index contributed by atoms with van der Waals surface area (Å²) >= 11 is 7.54. The second kappa shape index (κ2) is 11.0. The van der Waals surface area contributed by atoms with E-state index in [9.17, 15) is 9.59 Å². The molecule has 0 spiro atoms. The quantitative estimate of drug-likeness (QED) is 0.313. The van der Waals surface area contributed by atoms with Crippen molar-refractivity contribution in [3.05, 3.63) is 111 Å². The zero-order chi connectivity index (χ0) is 23.0. The Balaban J connectivity index is 1.33. The van der Waals surface area contributed by atoms with Gasteiger partial charge in [-0.05, 0) is 52.9 Å². The lowest BCUT2D eigenvalue weighted by Gasteiger charge is -2.10. The van der Waals surface area contributed by atoms with Crippen LogP contribution in [-0.4, -0.2) is 11.8 Å². The second-order valence-electron chi connectivity index (χ2n) is 7.20. The lowest BCUT2D eigenvalue weighted by atomic mass is 10.1. The van der Waals surface area contributed by atoms with Gasteiger partial charge in [0.25, 0.3) is 11.8 Å². The van der Waals surface area contributed by atoms with Gasteiger partial charge >= 0.3 is 0 Å². The summed E-state index contributed by atoms with van der Waals surface area (Å²) in [6.45, 7) is 1.19. The molecular weight excluding hydrogens is 460 g/mol. The van der Waals surface area contributed by atoms with Crippen molar-refractivity contribution in [2.24, 2.45) is 0 Å². The van der Waals surface area contributed by atoms with Crippen LogP contribution in [0.25, 0.3) is 0 Å². The Morgan fingerprint density at radius 3 is 2.61 bits per heavy atom. The first-order valence-corrected chi connectivity index (χ1v) is 11.4. The molecule has 0 saturated carbocycles. The molecule has 0 radical (unpaired) electrons. The molecule has 168 valence electrons. The van der Waals surface area contributed by atoms with Crippen LogP contribution >= 0.6 is 22.9 Å². The summed E-state index contributed by atoms with van der Waals surface area (Å²) in [6.07, 6.45) is 1.61. The summed E-state index contributed by atoms with van der Waals surface area (Å²) in [5.41, 5.74) is 2.73. The largest absolute Gasteiger partial charge is 0.467 e. The van der Waals surface area contributed by atoms with Gasteiger partial charge in [0.2, 0.25) is 0 Å². The molecule has 2 N–H and O–H groups in total. The van der Waals surface area contributed by atoms with Crippen LogP contribution in [0.4, 0.5) is 5.69 Å². The van der Waals surface area contributed by atoms with Gasteiger partial charge in [0, 0.05) is 12.1 Å². The molecule has 2 heterocycles. The fourth-order valence-corrected chi connectivity index (χ4v) is 3.92. The normalized spacial score (nSPS) is 10.7. The predicted octanol–water partition coefficient (Wildman–Crippen LogP) is 5.89. The van der Waals surface area contributed by atoms with Crippen LogP contribution in [0.3, 0.4) is 0 Å². The number of furan rings is 1. The van der Waals surface area contributed by atoms with Gasteiger partial charge in [-0.25, -0.2) is 0 Å². The fraction of sp³-hybridized carbons (Fsp3) is 0.120. The number of hydrogen-bond donors (Lipinski definition) is 2. The van der Waals surface area contributed by atoms with Crippen LogP contribution in [0, 0.1) is 0 Å². The van der Waals surface area contributed by atoms with Gasteiger partial charge in [0.1, 0.15) is 12.4 Å². The number of carbonyl (C=O) groups is 2. The zero-order valence-electron chi connectivity index (χ0n) is 17.5. The Bertz CT molecular complexity index is 1220. The first-order chi connectivity index (χ1) is 16.1. The molecule has 2 aromatic carbocycles. The molecule has 0 aliphatic carbocycles. The number of ether oxygens (including phenoxy) is 1. The van der Waals surface area contributed by atoms with Crippen LogP contribution in [0.2, 0.25) is 5.02 Å². The Kier molecular flexibility index (Phi) is 7.57. The van der Waals surface area contributed by atoms with Crippen molar-refractivity contribution >= 4 is 40.4 Å². The van der Waals surface area contributed by atoms with E-state index in [2.05, 4.69) is 10.6 Å². The summed E-state index contributed by atoms with van der Waals surface area (Å²) in [5.74, 6) is 0.237. The van der Waals surface area contributed by atoms with Gasteiger partial charge in [-0.2, -0.15) is 0 Å². The highest BCUT2D eigenvalue weighted by atomic mass is 35.5. The number of carbonyl (C=O) groups excluding carboxylic acids is 2. The summed E-state index contributed by atoms with van der Waals surface area (Å²) in [4.78, 5) is 25.6. The number of rotatable bonds is 9. The third-order valence-corrected chi connectivity index (χ3v) is 5.96. The number of nitrogens with one attached hydrogen (secondary N) is 2. The minimum atomic E-state index is -0.268. The second-order valence-corrected chi connectivity index (χ2v) is 8.56. The van der Waals surface area contributed by atoms with Gasteiger partial charge in [-0.1, -0.05) is 41.9 Å². The minimum absolute atomic E-state index is 0.266. The molecule has 0 bridgehead atoms. The summed E-state index contributed by atoms with van der Waals surface area (Å²) < 4.78 is 10.9. The third-order valence-electron chi connectivity index (χ3n) is 4.76. The maximum atomic E-state index is 12.7. The van der Waals surface area contributed by atoms with Crippen molar-refractivity contribution in [1.82, 2.24) is 5.32 Å². The van der Waals surface area contributed by atoms with E-state index >= 15 is 0 Å². The average molecular weight is 481 g/mol. The SMILES string of the molecule is O=C(NCc1cccc(COCc2ccco2)c1)c1ccc(Cl)c(NC(=O)c2cccs2)c1. The molecule has 33 heavy (non-hydrogen) atoms. The molecule has 2 amide bonds. The molecule has 4 rings (SSSR count). The average Bonchev–Trinajstić information content (AvgIpc) is 3.54. The summed E-state index contributed by atoms with van der Waals surface area (Å²) in [6, 6.07) is 19.8. The molecule has 8 heteroatoms. The molecule has 0 saturated heterocycles. The summed E-state index contributed by atoms with van der Waals surface area (Å²) in [5, 5.41) is 7.84. The molecule has 0 aliphatic rings. The number of amides is 2. The maximum Gasteiger partial charge on any atom is 0.265 e. The molecule has 0 aliphatic heterocycles. The van der Waals surface area contributed by atoms with Gasteiger partial charge in [-0.15, -0.1) is 11.3 Å². The van der Waals surface area contributed by atoms with E-state index in [1.807, 2.05) is 41.8 Å². The highest BCUT2D eigenvalue weighted by molar-refractivity contribution is 7.12. The van der Waals surface area contributed by atoms with Crippen molar-refractivity contribution < 1.29 is 18.7 Å². The molecule has 0 unspecified atom stereocenters. The van der Waals surface area contributed by atoms with E-state index in [4.69, 9.17) is 20.8 Å². The van der Waals surface area contributed by atoms with Gasteiger partial charge in [0.05, 0.1) is 28.5 Å².